The molecule has 11 nitrogen and oxygen atoms in total. The lowest BCUT2D eigenvalue weighted by atomic mass is 9.89. The average molecular weight is 591 g/mol. The zero-order valence-corrected chi connectivity index (χ0v) is 25.3. The molecule has 2 fully saturated rings. The summed E-state index contributed by atoms with van der Waals surface area (Å²) in [7, 11) is 3.01. The van der Waals surface area contributed by atoms with Crippen LogP contribution in [0.5, 0.6) is 0 Å². The van der Waals surface area contributed by atoms with Gasteiger partial charge in [-0.2, -0.15) is 0 Å². The van der Waals surface area contributed by atoms with Crippen molar-refractivity contribution in [2.75, 3.05) is 20.8 Å². The average Bonchev–Trinajstić information content (AvgIpc) is 3.39. The van der Waals surface area contributed by atoms with E-state index in [1.807, 2.05) is 0 Å². The van der Waals surface area contributed by atoms with Gasteiger partial charge >= 0.3 is 18.0 Å². The van der Waals surface area contributed by atoms with Crippen molar-refractivity contribution in [2.45, 2.75) is 109 Å². The fourth-order valence-electron chi connectivity index (χ4n) is 5.49. The van der Waals surface area contributed by atoms with Crippen molar-refractivity contribution in [1.82, 2.24) is 10.3 Å². The fourth-order valence-corrected chi connectivity index (χ4v) is 5.49. The monoisotopic (exact) mass is 590 g/mol. The van der Waals surface area contributed by atoms with Crippen molar-refractivity contribution in [3.63, 3.8) is 0 Å². The smallest absolute Gasteiger partial charge is 0.407 e. The number of methoxy groups -OCH3 is 2. The third-order valence-electron chi connectivity index (χ3n) is 7.41. The van der Waals surface area contributed by atoms with E-state index in [1.54, 1.807) is 31.6 Å². The SMILES string of the molecule is CCC[C@@H]1C[C@H](OC)C[C@H](C)C[C@@H]2C[C@@H](OC(=O)/C=C\CCc3coc(/C=C\CNC(=O)OC)n3)C[C@H](CC(=O)O1)O2. The van der Waals surface area contributed by atoms with E-state index in [9.17, 15) is 14.4 Å². The van der Waals surface area contributed by atoms with Crippen LogP contribution in [0.4, 0.5) is 4.79 Å². The van der Waals surface area contributed by atoms with Gasteiger partial charge in [0.15, 0.2) is 0 Å². The van der Waals surface area contributed by atoms with Gasteiger partial charge in [-0.3, -0.25) is 4.79 Å². The molecule has 2 saturated heterocycles. The molecule has 0 aromatic carbocycles. The van der Waals surface area contributed by atoms with Crippen molar-refractivity contribution >= 4 is 24.1 Å². The number of hydrogen-bond donors (Lipinski definition) is 1. The molecule has 2 aliphatic rings. The second-order valence-electron chi connectivity index (χ2n) is 11.1. The third kappa shape index (κ3) is 12.0. The molecule has 234 valence electrons. The lowest BCUT2D eigenvalue weighted by molar-refractivity contribution is -0.168. The first kappa shape index (κ1) is 33.3. The Kier molecular flexibility index (Phi) is 14.0. The Morgan fingerprint density at radius 3 is 2.67 bits per heavy atom. The summed E-state index contributed by atoms with van der Waals surface area (Å²) in [5.41, 5.74) is 0.745. The van der Waals surface area contributed by atoms with Crippen molar-refractivity contribution in [3.8, 4) is 0 Å². The molecule has 3 rings (SSSR count). The second kappa shape index (κ2) is 17.7. The molecule has 0 aliphatic carbocycles. The highest BCUT2D eigenvalue weighted by Gasteiger charge is 2.35. The van der Waals surface area contributed by atoms with Crippen LogP contribution in [-0.2, 0) is 39.7 Å². The quantitative estimate of drug-likeness (QED) is 0.215. The number of oxazole rings is 1. The summed E-state index contributed by atoms with van der Waals surface area (Å²) in [5.74, 6) is 0.0697. The number of nitrogens with zero attached hydrogens (tertiary/aromatic N) is 1. The van der Waals surface area contributed by atoms with Gasteiger partial charge in [0.05, 0.1) is 37.5 Å². The molecular formula is C31H46N2O9. The molecule has 42 heavy (non-hydrogen) atoms. The summed E-state index contributed by atoms with van der Waals surface area (Å²) < 4.78 is 33.5. The fraction of sp³-hybridized carbons (Fsp3) is 0.677. The van der Waals surface area contributed by atoms with Gasteiger partial charge in [0.2, 0.25) is 5.89 Å². The molecule has 3 heterocycles. The minimum absolute atomic E-state index is 0.0116. The van der Waals surface area contributed by atoms with Crippen LogP contribution in [0.3, 0.4) is 0 Å². The number of carbonyl (C=O) groups is 3. The van der Waals surface area contributed by atoms with Gasteiger partial charge < -0.3 is 33.4 Å². The van der Waals surface area contributed by atoms with Crippen LogP contribution in [0.15, 0.2) is 28.9 Å². The molecule has 1 amide bonds. The third-order valence-corrected chi connectivity index (χ3v) is 7.41. The first-order valence-corrected chi connectivity index (χ1v) is 15.0. The van der Waals surface area contributed by atoms with Crippen LogP contribution >= 0.6 is 0 Å². The van der Waals surface area contributed by atoms with Crippen LogP contribution in [0.1, 0.15) is 83.2 Å². The zero-order valence-electron chi connectivity index (χ0n) is 25.3. The van der Waals surface area contributed by atoms with E-state index in [0.29, 0.717) is 50.5 Å². The summed E-state index contributed by atoms with van der Waals surface area (Å²) in [6.45, 7) is 4.56. The predicted molar refractivity (Wildman–Crippen MR) is 154 cm³/mol. The van der Waals surface area contributed by atoms with Gasteiger partial charge in [-0.15, -0.1) is 0 Å². The Morgan fingerprint density at radius 1 is 1.10 bits per heavy atom. The molecule has 1 aromatic rings. The number of fused-ring (bicyclic) bond motifs is 2. The molecule has 0 radical (unpaired) electrons. The molecule has 1 aromatic heterocycles. The number of aromatic nitrogens is 1. The van der Waals surface area contributed by atoms with Gasteiger partial charge in [-0.25, -0.2) is 14.6 Å². The lowest BCUT2D eigenvalue weighted by Crippen LogP contribution is -2.41. The minimum Gasteiger partial charge on any atom is -0.462 e. The first-order chi connectivity index (χ1) is 20.3. The van der Waals surface area contributed by atoms with Gasteiger partial charge in [-0.1, -0.05) is 32.4 Å². The van der Waals surface area contributed by atoms with E-state index >= 15 is 0 Å². The van der Waals surface area contributed by atoms with Crippen molar-refractivity contribution in [1.29, 1.82) is 0 Å². The van der Waals surface area contributed by atoms with E-state index in [2.05, 4.69) is 28.9 Å². The van der Waals surface area contributed by atoms with Gasteiger partial charge in [0.25, 0.3) is 0 Å². The zero-order chi connectivity index (χ0) is 30.3. The lowest BCUT2D eigenvalue weighted by Gasteiger charge is -2.37. The van der Waals surface area contributed by atoms with E-state index < -0.39 is 12.1 Å². The normalized spacial score (nSPS) is 27.2. The van der Waals surface area contributed by atoms with Crippen LogP contribution < -0.4 is 5.32 Å². The summed E-state index contributed by atoms with van der Waals surface area (Å²) in [6.07, 6.45) is 13.1. The van der Waals surface area contributed by atoms with Crippen molar-refractivity contribution in [2.24, 2.45) is 5.92 Å². The van der Waals surface area contributed by atoms with E-state index in [0.717, 1.165) is 31.4 Å². The van der Waals surface area contributed by atoms with E-state index in [4.69, 9.17) is 23.4 Å². The molecular weight excluding hydrogens is 544 g/mol. The van der Waals surface area contributed by atoms with Crippen molar-refractivity contribution in [3.05, 3.63) is 36.1 Å². The first-order valence-electron chi connectivity index (χ1n) is 15.0. The molecule has 2 aliphatic heterocycles. The Labute approximate surface area is 248 Å². The summed E-state index contributed by atoms with van der Waals surface area (Å²) >= 11 is 0. The standard InChI is InChI=1S/C31H46N2O9/c1-5-9-23-16-24(37-3)14-21(2)15-25-17-26(18-27(40-25)19-30(35)41-23)42-29(34)12-7-6-10-22-20-39-28(33-22)11-8-13-32-31(36)38-4/h7-8,11-12,20-21,23-27H,5-6,9-10,13-19H2,1-4H3,(H,32,36)/b11-8-,12-7-/t21-,23+,24+,25+,26+,27+/m0/s1. The minimum atomic E-state index is -0.513. The van der Waals surface area contributed by atoms with Gasteiger partial charge in [0, 0.05) is 39.0 Å². The molecule has 11 heteroatoms. The molecule has 2 bridgehead atoms. The summed E-state index contributed by atoms with van der Waals surface area (Å²) in [4.78, 5) is 40.8. The number of amides is 1. The predicted octanol–water partition coefficient (Wildman–Crippen LogP) is 4.93. The molecule has 0 saturated carbocycles. The number of aryl methyl sites for hydroxylation is 1. The van der Waals surface area contributed by atoms with Crippen LogP contribution in [0.25, 0.3) is 6.08 Å². The molecule has 6 atom stereocenters. The largest absolute Gasteiger partial charge is 0.462 e. The molecule has 0 spiro atoms. The number of rotatable bonds is 11. The molecule has 1 N–H and O–H groups in total. The number of carbonyl (C=O) groups excluding carboxylic acids is 3. The number of esters is 2. The number of ether oxygens (including phenoxy) is 5. The number of nitrogens with one attached hydrogen (secondary N) is 1. The number of hydrogen-bond acceptors (Lipinski definition) is 10. The second-order valence-corrected chi connectivity index (χ2v) is 11.1. The Hall–Kier alpha value is -3.18. The van der Waals surface area contributed by atoms with Crippen molar-refractivity contribution < 1.29 is 42.5 Å². The van der Waals surface area contributed by atoms with E-state index in [-0.39, 0.29) is 42.9 Å². The maximum Gasteiger partial charge on any atom is 0.407 e. The van der Waals surface area contributed by atoms with Gasteiger partial charge in [-0.05, 0) is 44.1 Å². The van der Waals surface area contributed by atoms with Crippen LogP contribution in [0.2, 0.25) is 0 Å². The van der Waals surface area contributed by atoms with E-state index in [1.165, 1.54) is 13.2 Å². The highest BCUT2D eigenvalue weighted by molar-refractivity contribution is 5.82. The van der Waals surface area contributed by atoms with Gasteiger partial charge in [0.1, 0.15) is 18.5 Å². The topological polar surface area (TPSA) is 135 Å². The highest BCUT2D eigenvalue weighted by Crippen LogP contribution is 2.31. The Balaban J connectivity index is 1.49. The summed E-state index contributed by atoms with van der Waals surface area (Å²) in [5, 5.41) is 2.53. The Morgan fingerprint density at radius 2 is 1.90 bits per heavy atom. The van der Waals surface area contributed by atoms with Crippen LogP contribution in [0, 0.1) is 5.92 Å². The number of alkyl carbamates (subject to hydrolysis) is 1. The molecule has 0 unspecified atom stereocenters. The number of cyclic esters (lactones) is 1. The maximum absolute atomic E-state index is 12.8. The Bertz CT molecular complexity index is 1050. The van der Waals surface area contributed by atoms with Crippen LogP contribution in [-0.4, -0.2) is 74.3 Å². The number of allylic oxidation sites excluding steroid dienone is 1. The summed E-state index contributed by atoms with van der Waals surface area (Å²) in [6, 6.07) is 0. The highest BCUT2D eigenvalue weighted by atomic mass is 16.6. The maximum atomic E-state index is 12.8.